The number of esters is 1. The third kappa shape index (κ3) is 4.92. The molecule has 0 atom stereocenters. The van der Waals surface area contributed by atoms with Crippen LogP contribution in [0.5, 0.6) is 0 Å². The van der Waals surface area contributed by atoms with Crippen molar-refractivity contribution < 1.29 is 22.4 Å². The highest BCUT2D eigenvalue weighted by Crippen LogP contribution is 2.25. The third-order valence-corrected chi connectivity index (χ3v) is 5.98. The molecule has 1 N–H and O–H groups in total. The lowest BCUT2D eigenvalue weighted by atomic mass is 10.1. The number of furan rings is 1. The van der Waals surface area contributed by atoms with Crippen LogP contribution in [0.1, 0.15) is 42.6 Å². The number of hydrogen-bond donors (Lipinski definition) is 1. The number of para-hydroxylation sites is 1. The van der Waals surface area contributed by atoms with Gasteiger partial charge in [-0.25, -0.2) is 22.6 Å². The average molecular weight is 452 g/mol. The monoisotopic (exact) mass is 451 g/mol. The fraction of sp³-hybridized carbons (Fsp3) is 0.300. The highest BCUT2D eigenvalue weighted by molar-refractivity contribution is 7.89. The lowest BCUT2D eigenvalue weighted by molar-refractivity contribution is 0.0429. The molecule has 0 saturated heterocycles. The molecule has 8 nitrogen and oxygen atoms in total. The minimum Gasteiger partial charge on any atom is -0.455 e. The molecule has 30 heavy (non-hydrogen) atoms. The zero-order chi connectivity index (χ0) is 22.1. The Bertz CT molecular complexity index is 1160. The predicted molar refractivity (Wildman–Crippen MR) is 111 cm³/mol. The zero-order valence-electron chi connectivity index (χ0n) is 17.0. The third-order valence-electron chi connectivity index (χ3n) is 3.96. The molecular formula is C20H22ClN3O5S. The van der Waals surface area contributed by atoms with E-state index in [1.165, 1.54) is 12.1 Å². The van der Waals surface area contributed by atoms with Gasteiger partial charge in [-0.2, -0.15) is 5.10 Å². The van der Waals surface area contributed by atoms with Crippen molar-refractivity contribution in [1.82, 2.24) is 14.5 Å². The number of sulfonamides is 1. The first kappa shape index (κ1) is 22.1. The van der Waals surface area contributed by atoms with Crippen LogP contribution >= 0.6 is 11.6 Å². The molecular weight excluding hydrogens is 430 g/mol. The van der Waals surface area contributed by atoms with E-state index in [9.17, 15) is 13.2 Å². The van der Waals surface area contributed by atoms with Crippen LogP contribution < -0.4 is 4.72 Å². The van der Waals surface area contributed by atoms with E-state index < -0.39 is 21.5 Å². The topological polar surface area (TPSA) is 103 Å². The number of aromatic nitrogens is 2. The molecule has 3 rings (SSSR count). The summed E-state index contributed by atoms with van der Waals surface area (Å²) in [6, 6.07) is 11.8. The summed E-state index contributed by atoms with van der Waals surface area (Å²) < 4.78 is 39.1. The SMILES string of the molecule is Cc1nn(-c2ccccc2)c(Cl)c1COC(=O)c1ccc(S(=O)(=O)NC(C)(C)C)o1. The normalized spacial score (nSPS) is 12.2. The van der Waals surface area contributed by atoms with E-state index in [-0.39, 0.29) is 17.5 Å². The summed E-state index contributed by atoms with van der Waals surface area (Å²) in [6.07, 6.45) is 0. The number of nitrogens with one attached hydrogen (secondary N) is 1. The lowest BCUT2D eigenvalue weighted by Gasteiger charge is -2.18. The van der Waals surface area contributed by atoms with Gasteiger partial charge in [0.25, 0.3) is 10.0 Å². The summed E-state index contributed by atoms with van der Waals surface area (Å²) in [6.45, 7) is 6.71. The van der Waals surface area contributed by atoms with Gasteiger partial charge in [0.1, 0.15) is 11.8 Å². The Morgan fingerprint density at radius 1 is 1.20 bits per heavy atom. The van der Waals surface area contributed by atoms with Crippen LogP contribution in [0.4, 0.5) is 0 Å². The van der Waals surface area contributed by atoms with Crippen molar-refractivity contribution in [3.8, 4) is 5.69 Å². The van der Waals surface area contributed by atoms with Gasteiger partial charge in [-0.15, -0.1) is 0 Å². The Balaban J connectivity index is 1.73. The van der Waals surface area contributed by atoms with Crippen LogP contribution in [0.2, 0.25) is 5.15 Å². The average Bonchev–Trinajstić information content (AvgIpc) is 3.25. The minimum absolute atomic E-state index is 0.140. The summed E-state index contributed by atoms with van der Waals surface area (Å²) >= 11 is 6.42. The van der Waals surface area contributed by atoms with Crippen LogP contribution in [0, 0.1) is 6.92 Å². The summed E-state index contributed by atoms with van der Waals surface area (Å²) in [5.41, 5.74) is 1.23. The number of ether oxygens (including phenoxy) is 1. The minimum atomic E-state index is -3.90. The smallest absolute Gasteiger partial charge is 0.374 e. The summed E-state index contributed by atoms with van der Waals surface area (Å²) in [4.78, 5) is 12.3. The molecule has 0 amide bonds. The second kappa shape index (κ2) is 8.25. The van der Waals surface area contributed by atoms with Crippen molar-refractivity contribution in [3.63, 3.8) is 0 Å². The van der Waals surface area contributed by atoms with Gasteiger partial charge in [0.05, 0.1) is 11.4 Å². The van der Waals surface area contributed by atoms with Gasteiger partial charge < -0.3 is 9.15 Å². The van der Waals surface area contributed by atoms with Gasteiger partial charge in [-0.1, -0.05) is 29.8 Å². The standard InChI is InChI=1S/C20H22ClN3O5S/c1-13-15(18(21)24(22-13)14-8-6-5-7-9-14)12-28-19(25)16-10-11-17(29-16)30(26,27)23-20(2,3)4/h5-11,23H,12H2,1-4H3. The number of carbonyl (C=O) groups is 1. The van der Waals surface area contributed by atoms with Gasteiger partial charge >= 0.3 is 5.97 Å². The van der Waals surface area contributed by atoms with E-state index in [0.717, 1.165) is 5.69 Å². The maximum Gasteiger partial charge on any atom is 0.374 e. The van der Waals surface area contributed by atoms with Crippen molar-refractivity contribution in [2.75, 3.05) is 0 Å². The molecule has 1 aromatic carbocycles. The van der Waals surface area contributed by atoms with E-state index in [0.29, 0.717) is 16.4 Å². The fourth-order valence-corrected chi connectivity index (χ4v) is 4.35. The second-order valence-corrected chi connectivity index (χ2v) is 9.62. The van der Waals surface area contributed by atoms with Crippen molar-refractivity contribution in [2.45, 2.75) is 44.9 Å². The number of halogens is 1. The van der Waals surface area contributed by atoms with E-state index in [2.05, 4.69) is 9.82 Å². The Morgan fingerprint density at radius 2 is 1.87 bits per heavy atom. The highest BCUT2D eigenvalue weighted by Gasteiger charge is 2.27. The van der Waals surface area contributed by atoms with Gasteiger partial charge in [-0.3, -0.25) is 0 Å². The number of aryl methyl sites for hydroxylation is 1. The summed E-state index contributed by atoms with van der Waals surface area (Å²) in [5, 5.41) is 4.34. The molecule has 3 aromatic rings. The zero-order valence-corrected chi connectivity index (χ0v) is 18.5. The lowest BCUT2D eigenvalue weighted by Crippen LogP contribution is -2.40. The molecule has 10 heteroatoms. The van der Waals surface area contributed by atoms with Crippen molar-refractivity contribution in [1.29, 1.82) is 0 Å². The quantitative estimate of drug-likeness (QED) is 0.571. The Labute approximate surface area is 179 Å². The fourth-order valence-electron chi connectivity index (χ4n) is 2.67. The van der Waals surface area contributed by atoms with Crippen LogP contribution in [-0.2, 0) is 21.4 Å². The maximum atomic E-state index is 12.3. The molecule has 0 aliphatic rings. The number of benzene rings is 1. The van der Waals surface area contributed by atoms with Crippen molar-refractivity contribution >= 4 is 27.6 Å². The number of carbonyl (C=O) groups excluding carboxylic acids is 1. The molecule has 2 aromatic heterocycles. The van der Waals surface area contributed by atoms with Crippen LogP contribution in [0.3, 0.4) is 0 Å². The molecule has 2 heterocycles. The van der Waals surface area contributed by atoms with Crippen LogP contribution in [0.15, 0.2) is 52.0 Å². The molecule has 0 aliphatic carbocycles. The van der Waals surface area contributed by atoms with Gasteiger partial charge in [0.2, 0.25) is 10.9 Å². The molecule has 0 bridgehead atoms. The van der Waals surface area contributed by atoms with E-state index >= 15 is 0 Å². The Kier molecular flexibility index (Phi) is 6.07. The van der Waals surface area contributed by atoms with E-state index in [4.69, 9.17) is 20.8 Å². The van der Waals surface area contributed by atoms with Crippen molar-refractivity contribution in [3.05, 3.63) is 64.6 Å². The van der Waals surface area contributed by atoms with Gasteiger partial charge in [0.15, 0.2) is 0 Å². The van der Waals surface area contributed by atoms with Crippen LogP contribution in [-0.4, -0.2) is 29.7 Å². The molecule has 0 spiro atoms. The number of rotatable bonds is 6. The molecule has 0 unspecified atom stereocenters. The maximum absolute atomic E-state index is 12.3. The number of nitrogens with zero attached hydrogens (tertiary/aromatic N) is 2. The molecule has 0 saturated carbocycles. The van der Waals surface area contributed by atoms with E-state index in [1.807, 2.05) is 30.3 Å². The van der Waals surface area contributed by atoms with Crippen LogP contribution in [0.25, 0.3) is 5.69 Å². The summed E-state index contributed by atoms with van der Waals surface area (Å²) in [7, 11) is -3.90. The Hall–Kier alpha value is -2.62. The first-order valence-corrected chi connectivity index (χ1v) is 10.9. The first-order valence-electron chi connectivity index (χ1n) is 9.08. The molecule has 160 valence electrons. The number of hydrogen-bond acceptors (Lipinski definition) is 6. The second-order valence-electron chi connectivity index (χ2n) is 7.65. The summed E-state index contributed by atoms with van der Waals surface area (Å²) in [5.74, 6) is -1.04. The predicted octanol–water partition coefficient (Wildman–Crippen LogP) is 3.86. The highest BCUT2D eigenvalue weighted by atomic mass is 35.5. The molecule has 0 radical (unpaired) electrons. The van der Waals surface area contributed by atoms with Crippen molar-refractivity contribution in [2.24, 2.45) is 0 Å². The largest absolute Gasteiger partial charge is 0.455 e. The first-order chi connectivity index (χ1) is 14.0. The molecule has 0 aliphatic heterocycles. The van der Waals surface area contributed by atoms with Gasteiger partial charge in [-0.05, 0) is 52.0 Å². The Morgan fingerprint density at radius 3 is 2.50 bits per heavy atom. The van der Waals surface area contributed by atoms with Gasteiger partial charge in [0, 0.05) is 11.1 Å². The molecule has 0 fully saturated rings. The van der Waals surface area contributed by atoms with E-state index in [1.54, 1.807) is 32.4 Å².